The molecule has 3 N–H and O–H groups in total. The maximum atomic E-state index is 13.0. The SMILES string of the molecule is COCC1OC(OC2OC(=O)C(Cc3ccccc3)=C2c2ccccc2)C(NC(C)=O)C(O)C1O. The molecule has 0 aromatic heterocycles. The first-order valence-electron chi connectivity index (χ1n) is 11.4. The summed E-state index contributed by atoms with van der Waals surface area (Å²) < 4.78 is 22.7. The molecule has 4 rings (SSSR count). The predicted molar refractivity (Wildman–Crippen MR) is 125 cm³/mol. The van der Waals surface area contributed by atoms with Gasteiger partial charge in [0, 0.05) is 26.0 Å². The molecule has 9 heteroatoms. The summed E-state index contributed by atoms with van der Waals surface area (Å²) in [5.41, 5.74) is 2.63. The summed E-state index contributed by atoms with van der Waals surface area (Å²) in [5.74, 6) is -0.978. The maximum absolute atomic E-state index is 13.0. The fraction of sp³-hybridized carbons (Fsp3) is 0.385. The molecule has 0 spiro atoms. The van der Waals surface area contributed by atoms with Gasteiger partial charge in [-0.15, -0.1) is 0 Å². The molecule has 0 aliphatic carbocycles. The van der Waals surface area contributed by atoms with Gasteiger partial charge in [0.15, 0.2) is 6.29 Å². The van der Waals surface area contributed by atoms with Crippen molar-refractivity contribution in [3.8, 4) is 0 Å². The van der Waals surface area contributed by atoms with Gasteiger partial charge < -0.3 is 34.5 Å². The van der Waals surface area contributed by atoms with E-state index in [0.717, 1.165) is 11.1 Å². The Labute approximate surface area is 203 Å². The van der Waals surface area contributed by atoms with Crippen LogP contribution in [-0.4, -0.2) is 72.7 Å². The highest BCUT2D eigenvalue weighted by atomic mass is 16.8. The Hall–Kier alpha value is -3.08. The van der Waals surface area contributed by atoms with Crippen LogP contribution < -0.4 is 5.32 Å². The predicted octanol–water partition coefficient (Wildman–Crippen LogP) is 1.18. The van der Waals surface area contributed by atoms with Crippen LogP contribution in [0.1, 0.15) is 18.1 Å². The summed E-state index contributed by atoms with van der Waals surface area (Å²) in [6.07, 6.45) is -5.70. The van der Waals surface area contributed by atoms with E-state index in [2.05, 4.69) is 5.32 Å². The summed E-state index contributed by atoms with van der Waals surface area (Å²) >= 11 is 0. The lowest BCUT2D eigenvalue weighted by Crippen LogP contribution is -2.65. The second-order valence-corrected chi connectivity index (χ2v) is 8.50. The number of carbonyl (C=O) groups excluding carboxylic acids is 2. The van der Waals surface area contributed by atoms with Crippen molar-refractivity contribution < 1.29 is 38.7 Å². The van der Waals surface area contributed by atoms with Crippen molar-refractivity contribution >= 4 is 17.4 Å². The van der Waals surface area contributed by atoms with E-state index < -0.39 is 48.8 Å². The molecule has 2 aliphatic heterocycles. The quantitative estimate of drug-likeness (QED) is 0.479. The van der Waals surface area contributed by atoms with Gasteiger partial charge in [0.05, 0.1) is 12.2 Å². The Morgan fingerprint density at radius 3 is 2.31 bits per heavy atom. The highest BCUT2D eigenvalue weighted by Crippen LogP contribution is 2.36. The first-order chi connectivity index (χ1) is 16.9. The highest BCUT2D eigenvalue weighted by Gasteiger charge is 2.48. The molecule has 6 atom stereocenters. The minimum absolute atomic E-state index is 0.0179. The number of amides is 1. The van der Waals surface area contributed by atoms with Crippen molar-refractivity contribution in [2.24, 2.45) is 0 Å². The number of methoxy groups -OCH3 is 1. The van der Waals surface area contributed by atoms with Gasteiger partial charge in [-0.25, -0.2) is 4.79 Å². The van der Waals surface area contributed by atoms with Gasteiger partial charge in [-0.1, -0.05) is 60.7 Å². The number of aliphatic hydroxyl groups excluding tert-OH is 2. The molecule has 2 aromatic carbocycles. The molecular weight excluding hydrogens is 454 g/mol. The zero-order valence-corrected chi connectivity index (χ0v) is 19.5. The fourth-order valence-electron chi connectivity index (χ4n) is 4.33. The summed E-state index contributed by atoms with van der Waals surface area (Å²) in [6, 6.07) is 17.6. The molecule has 2 aliphatic rings. The number of hydrogen-bond donors (Lipinski definition) is 3. The number of nitrogens with one attached hydrogen (secondary N) is 1. The van der Waals surface area contributed by atoms with Gasteiger partial charge in [0.25, 0.3) is 0 Å². The Morgan fingerprint density at radius 2 is 1.69 bits per heavy atom. The van der Waals surface area contributed by atoms with E-state index in [-0.39, 0.29) is 6.61 Å². The Kier molecular flexibility index (Phi) is 7.94. The molecule has 9 nitrogen and oxygen atoms in total. The molecule has 0 saturated carbocycles. The zero-order valence-electron chi connectivity index (χ0n) is 19.5. The van der Waals surface area contributed by atoms with E-state index >= 15 is 0 Å². The zero-order chi connectivity index (χ0) is 24.9. The molecule has 2 aromatic rings. The molecule has 0 radical (unpaired) electrons. The van der Waals surface area contributed by atoms with Crippen LogP contribution in [0.5, 0.6) is 0 Å². The fourth-order valence-corrected chi connectivity index (χ4v) is 4.33. The van der Waals surface area contributed by atoms with Crippen LogP contribution >= 0.6 is 0 Å². The van der Waals surface area contributed by atoms with Crippen LogP contribution in [-0.2, 0) is 35.0 Å². The standard InChI is InChI=1S/C26H29NO8/c1-15(28)27-21-23(30)22(29)19(14-32-2)33-26(21)35-25-20(17-11-7-4-8-12-17)18(24(31)34-25)13-16-9-5-3-6-10-16/h3-12,19,21-23,25-26,29-30H,13-14H2,1-2H3,(H,27,28). The largest absolute Gasteiger partial charge is 0.428 e. The topological polar surface area (TPSA) is 124 Å². The van der Waals surface area contributed by atoms with E-state index in [4.69, 9.17) is 18.9 Å². The first kappa shape index (κ1) is 25.0. The third-order valence-electron chi connectivity index (χ3n) is 5.99. The Bertz CT molecular complexity index is 1060. The molecule has 1 amide bonds. The maximum Gasteiger partial charge on any atom is 0.337 e. The lowest BCUT2D eigenvalue weighted by molar-refractivity contribution is -0.297. The summed E-state index contributed by atoms with van der Waals surface area (Å²) in [4.78, 5) is 24.8. The Morgan fingerprint density at radius 1 is 1.03 bits per heavy atom. The van der Waals surface area contributed by atoms with Crippen LogP contribution in [0.3, 0.4) is 0 Å². The third-order valence-corrected chi connectivity index (χ3v) is 5.99. The molecule has 1 saturated heterocycles. The smallest absolute Gasteiger partial charge is 0.337 e. The lowest BCUT2D eigenvalue weighted by atomic mass is 9.95. The normalized spacial score (nSPS) is 28.6. The van der Waals surface area contributed by atoms with Crippen molar-refractivity contribution in [3.63, 3.8) is 0 Å². The van der Waals surface area contributed by atoms with Gasteiger partial charge in [0.1, 0.15) is 24.4 Å². The monoisotopic (exact) mass is 483 g/mol. The number of benzene rings is 2. The van der Waals surface area contributed by atoms with Crippen LogP contribution in [0.15, 0.2) is 66.2 Å². The van der Waals surface area contributed by atoms with Crippen LogP contribution in [0.2, 0.25) is 0 Å². The average molecular weight is 484 g/mol. The van der Waals surface area contributed by atoms with Crippen molar-refractivity contribution in [3.05, 3.63) is 77.4 Å². The number of esters is 1. The summed E-state index contributed by atoms with van der Waals surface area (Å²) in [6.45, 7) is 1.26. The van der Waals surface area contributed by atoms with E-state index in [1.807, 2.05) is 60.7 Å². The first-order valence-corrected chi connectivity index (χ1v) is 11.4. The van der Waals surface area contributed by atoms with Crippen molar-refractivity contribution in [2.75, 3.05) is 13.7 Å². The lowest BCUT2D eigenvalue weighted by Gasteiger charge is -2.43. The molecule has 2 heterocycles. The molecule has 6 unspecified atom stereocenters. The molecule has 1 fully saturated rings. The second-order valence-electron chi connectivity index (χ2n) is 8.50. The minimum atomic E-state index is -1.40. The number of hydrogen-bond acceptors (Lipinski definition) is 8. The van der Waals surface area contributed by atoms with Gasteiger partial charge in [-0.3, -0.25) is 4.79 Å². The van der Waals surface area contributed by atoms with Crippen molar-refractivity contribution in [1.82, 2.24) is 5.32 Å². The van der Waals surface area contributed by atoms with E-state index in [1.54, 1.807) is 0 Å². The molecule has 0 bridgehead atoms. The van der Waals surface area contributed by atoms with E-state index in [9.17, 15) is 19.8 Å². The number of carbonyl (C=O) groups is 2. The average Bonchev–Trinajstić information content (AvgIpc) is 3.15. The molecular formula is C26H29NO8. The van der Waals surface area contributed by atoms with Gasteiger partial charge in [-0.05, 0) is 11.1 Å². The van der Waals surface area contributed by atoms with Gasteiger partial charge >= 0.3 is 5.97 Å². The second kappa shape index (κ2) is 11.1. The van der Waals surface area contributed by atoms with E-state index in [1.165, 1.54) is 14.0 Å². The third kappa shape index (κ3) is 5.61. The van der Waals surface area contributed by atoms with Crippen molar-refractivity contribution in [1.29, 1.82) is 0 Å². The van der Waals surface area contributed by atoms with Gasteiger partial charge in [0.2, 0.25) is 12.2 Å². The molecule has 186 valence electrons. The van der Waals surface area contributed by atoms with Gasteiger partial charge in [-0.2, -0.15) is 0 Å². The van der Waals surface area contributed by atoms with Crippen molar-refractivity contribution in [2.45, 2.75) is 50.3 Å². The summed E-state index contributed by atoms with van der Waals surface area (Å²) in [5, 5.41) is 23.7. The number of rotatable bonds is 8. The van der Waals surface area contributed by atoms with Crippen LogP contribution in [0.25, 0.3) is 5.57 Å². The van der Waals surface area contributed by atoms with Crippen LogP contribution in [0.4, 0.5) is 0 Å². The highest BCUT2D eigenvalue weighted by molar-refractivity contribution is 6.02. The Balaban J connectivity index is 1.68. The molecule has 35 heavy (non-hydrogen) atoms. The van der Waals surface area contributed by atoms with Crippen LogP contribution in [0, 0.1) is 0 Å². The number of cyclic esters (lactones) is 1. The number of aliphatic hydroxyl groups is 2. The van der Waals surface area contributed by atoms with E-state index in [0.29, 0.717) is 17.6 Å². The number of ether oxygens (including phenoxy) is 4. The summed E-state index contributed by atoms with van der Waals surface area (Å²) in [7, 11) is 1.43. The minimum Gasteiger partial charge on any atom is -0.428 e.